The molecule has 10 rings (SSSR count). The molecule has 2 fully saturated rings. The van der Waals surface area contributed by atoms with Crippen molar-refractivity contribution in [2.75, 3.05) is 26.2 Å². The van der Waals surface area contributed by atoms with E-state index in [0.717, 1.165) is 11.8 Å². The minimum absolute atomic E-state index is 0.648. The van der Waals surface area contributed by atoms with Crippen LogP contribution in [0.2, 0.25) is 0 Å². The molecule has 8 heterocycles. The summed E-state index contributed by atoms with van der Waals surface area (Å²) in [6.07, 6.45) is 17.4. The van der Waals surface area contributed by atoms with Crippen molar-refractivity contribution in [1.29, 1.82) is 0 Å². The maximum atomic E-state index is 2.72. The summed E-state index contributed by atoms with van der Waals surface area (Å²) in [7, 11) is 0. The lowest BCUT2D eigenvalue weighted by molar-refractivity contribution is 0.0982. The first kappa shape index (κ1) is 21.8. The number of rotatable bonds is 0. The monoisotopic (exact) mass is 500 g/mol. The molecule has 4 heteroatoms. The first-order valence-corrected chi connectivity index (χ1v) is 14.9. The van der Waals surface area contributed by atoms with Crippen molar-refractivity contribution in [1.82, 2.24) is 18.9 Å². The summed E-state index contributed by atoms with van der Waals surface area (Å²) < 4.78 is 4.92. The minimum atomic E-state index is 0.648. The van der Waals surface area contributed by atoms with E-state index in [9.17, 15) is 0 Å². The average molecular weight is 501 g/mol. The zero-order chi connectivity index (χ0) is 24.8. The Morgan fingerprint density at radius 1 is 0.553 bits per heavy atom. The Hall–Kier alpha value is -3.08. The SMILES string of the molecule is C1=Cn2c3c(c4ccccc42)CCN2CCC[C@@H]1[C@H]32.C1=Cn2c3c(c4ccccc42)CCN2CCC[C@H]1[C@@H]32. The van der Waals surface area contributed by atoms with Gasteiger partial charge < -0.3 is 9.13 Å². The Morgan fingerprint density at radius 2 is 1.03 bits per heavy atom. The normalized spacial score (nSPS) is 28.6. The standard InChI is InChI=1S/2C17H18N2/c2*1-2-6-15-13(5-1)14-8-10-18-9-3-4-12-7-11-19(15)17(14)16(12)18/h2*1-2,5-7,11-12,16H,3-4,8-10H2/t2*12-,16+/m10/s1. The van der Waals surface area contributed by atoms with Gasteiger partial charge in [0.15, 0.2) is 0 Å². The molecule has 2 saturated heterocycles. The number of hydrogen-bond donors (Lipinski definition) is 0. The number of piperidine rings is 2. The Morgan fingerprint density at radius 3 is 1.53 bits per heavy atom. The van der Waals surface area contributed by atoms with Gasteiger partial charge in [-0.3, -0.25) is 9.80 Å². The molecule has 0 amide bonds. The van der Waals surface area contributed by atoms with Crippen LogP contribution < -0.4 is 0 Å². The molecule has 4 nitrogen and oxygen atoms in total. The third kappa shape index (κ3) is 2.93. The highest BCUT2D eigenvalue weighted by atomic mass is 15.2. The van der Waals surface area contributed by atoms with Gasteiger partial charge in [-0.2, -0.15) is 0 Å². The molecule has 2 aromatic carbocycles. The van der Waals surface area contributed by atoms with Crippen LogP contribution in [0, 0.1) is 11.8 Å². The first-order chi connectivity index (χ1) is 18.9. The van der Waals surface area contributed by atoms with Gasteiger partial charge in [0.2, 0.25) is 0 Å². The van der Waals surface area contributed by atoms with Crippen LogP contribution in [0.15, 0.2) is 60.7 Å². The molecular weight excluding hydrogens is 464 g/mol. The largest absolute Gasteiger partial charge is 0.319 e. The lowest BCUT2D eigenvalue weighted by atomic mass is 9.81. The third-order valence-corrected chi connectivity index (χ3v) is 10.5. The second-order valence-corrected chi connectivity index (χ2v) is 12.3. The van der Waals surface area contributed by atoms with Crippen molar-refractivity contribution in [3.05, 3.63) is 83.2 Å². The van der Waals surface area contributed by atoms with E-state index in [1.807, 2.05) is 0 Å². The van der Waals surface area contributed by atoms with Crippen molar-refractivity contribution in [3.8, 4) is 0 Å². The van der Waals surface area contributed by atoms with Gasteiger partial charge >= 0.3 is 0 Å². The van der Waals surface area contributed by atoms with Crippen molar-refractivity contribution in [2.24, 2.45) is 11.8 Å². The van der Waals surface area contributed by atoms with Crippen LogP contribution in [-0.2, 0) is 12.8 Å². The first-order valence-electron chi connectivity index (χ1n) is 14.9. The van der Waals surface area contributed by atoms with Gasteiger partial charge in [-0.15, -0.1) is 0 Å². The third-order valence-electron chi connectivity index (χ3n) is 10.5. The van der Waals surface area contributed by atoms with E-state index < -0.39 is 0 Å². The van der Waals surface area contributed by atoms with Gasteiger partial charge in [0, 0.05) is 47.6 Å². The van der Waals surface area contributed by atoms with E-state index in [0.29, 0.717) is 12.1 Å². The topological polar surface area (TPSA) is 16.3 Å². The fraction of sp³-hybridized carbons (Fsp3) is 0.412. The van der Waals surface area contributed by atoms with Crippen LogP contribution in [0.3, 0.4) is 0 Å². The van der Waals surface area contributed by atoms with Gasteiger partial charge in [-0.25, -0.2) is 0 Å². The van der Waals surface area contributed by atoms with Gasteiger partial charge in [0.25, 0.3) is 0 Å². The summed E-state index contributed by atoms with van der Waals surface area (Å²) in [6.45, 7) is 5.07. The molecule has 192 valence electrons. The molecule has 0 N–H and O–H groups in total. The van der Waals surface area contributed by atoms with Crippen LogP contribution in [0.5, 0.6) is 0 Å². The van der Waals surface area contributed by atoms with Gasteiger partial charge in [0.1, 0.15) is 0 Å². The van der Waals surface area contributed by atoms with Crippen molar-refractivity contribution >= 4 is 34.2 Å². The summed E-state index contributed by atoms with van der Waals surface area (Å²) in [4.78, 5) is 5.44. The van der Waals surface area contributed by atoms with Crippen LogP contribution in [0.4, 0.5) is 0 Å². The molecule has 6 aliphatic heterocycles. The van der Waals surface area contributed by atoms with E-state index >= 15 is 0 Å². The maximum absolute atomic E-state index is 2.72. The molecule has 0 unspecified atom stereocenters. The second-order valence-electron chi connectivity index (χ2n) is 12.3. The summed E-state index contributed by atoms with van der Waals surface area (Å²) in [5.41, 5.74) is 9.23. The Kier molecular flexibility index (Phi) is 4.71. The average Bonchev–Trinajstić information content (AvgIpc) is 3.50. The number of hydrogen-bond acceptors (Lipinski definition) is 2. The molecule has 4 atom stereocenters. The fourth-order valence-electron chi connectivity index (χ4n) is 8.95. The Balaban J connectivity index is 0.000000111. The van der Waals surface area contributed by atoms with Crippen LogP contribution in [-0.4, -0.2) is 45.1 Å². The van der Waals surface area contributed by atoms with E-state index in [4.69, 9.17) is 0 Å². The second kappa shape index (κ2) is 8.21. The molecule has 6 aliphatic rings. The molecule has 0 bridgehead atoms. The molecular formula is C34H36N4. The molecule has 0 saturated carbocycles. The van der Waals surface area contributed by atoms with Crippen molar-refractivity contribution < 1.29 is 0 Å². The maximum Gasteiger partial charge on any atom is 0.0571 e. The molecule has 0 spiro atoms. The molecule has 0 aliphatic carbocycles. The van der Waals surface area contributed by atoms with Crippen LogP contribution >= 0.6 is 0 Å². The summed E-state index contributed by atoms with van der Waals surface area (Å²) >= 11 is 0. The van der Waals surface area contributed by atoms with E-state index in [-0.39, 0.29) is 0 Å². The highest BCUT2D eigenvalue weighted by Crippen LogP contribution is 2.48. The zero-order valence-electron chi connectivity index (χ0n) is 22.1. The van der Waals surface area contributed by atoms with Crippen LogP contribution in [0.1, 0.15) is 60.3 Å². The lowest BCUT2D eigenvalue weighted by Gasteiger charge is -2.45. The lowest BCUT2D eigenvalue weighted by Crippen LogP contribution is -2.44. The summed E-state index contributed by atoms with van der Waals surface area (Å²) in [5, 5.41) is 2.96. The zero-order valence-corrected chi connectivity index (χ0v) is 22.1. The number of para-hydroxylation sites is 2. The quantitative estimate of drug-likeness (QED) is 0.262. The van der Waals surface area contributed by atoms with E-state index in [1.54, 1.807) is 22.5 Å². The van der Waals surface area contributed by atoms with E-state index in [2.05, 4.69) is 92.0 Å². The summed E-state index contributed by atoms with van der Waals surface area (Å²) in [6, 6.07) is 19.1. The molecule has 4 aromatic rings. The minimum Gasteiger partial charge on any atom is -0.319 e. The smallest absolute Gasteiger partial charge is 0.0571 e. The molecule has 0 radical (unpaired) electrons. The van der Waals surface area contributed by atoms with Gasteiger partial charge in [-0.05, 0) is 86.7 Å². The molecule has 38 heavy (non-hydrogen) atoms. The predicted molar refractivity (Wildman–Crippen MR) is 156 cm³/mol. The van der Waals surface area contributed by atoms with Crippen molar-refractivity contribution in [3.63, 3.8) is 0 Å². The van der Waals surface area contributed by atoms with Gasteiger partial charge in [0.05, 0.1) is 23.1 Å². The number of nitrogens with zero attached hydrogens (tertiary/aromatic N) is 4. The predicted octanol–water partition coefficient (Wildman–Crippen LogP) is 6.87. The Labute approximate surface area is 224 Å². The molecule has 2 aromatic heterocycles. The number of benzene rings is 2. The van der Waals surface area contributed by atoms with Crippen molar-refractivity contribution in [2.45, 2.75) is 50.6 Å². The van der Waals surface area contributed by atoms with Gasteiger partial charge in [-0.1, -0.05) is 48.6 Å². The van der Waals surface area contributed by atoms with E-state index in [1.165, 1.54) is 86.5 Å². The highest BCUT2D eigenvalue weighted by molar-refractivity contribution is 5.89. The number of aromatic nitrogens is 2. The number of fused-ring (bicyclic) bond motifs is 6. The highest BCUT2D eigenvalue weighted by Gasteiger charge is 2.41. The van der Waals surface area contributed by atoms with Crippen LogP contribution in [0.25, 0.3) is 34.2 Å². The summed E-state index contributed by atoms with van der Waals surface area (Å²) in [5.74, 6) is 1.48. The fourth-order valence-corrected chi connectivity index (χ4v) is 8.95. The Bertz CT molecular complexity index is 1510.